The van der Waals surface area contributed by atoms with Crippen molar-refractivity contribution in [3.8, 4) is 11.5 Å². The number of aromatic amines is 1. The summed E-state index contributed by atoms with van der Waals surface area (Å²) in [6.07, 6.45) is 1.70. The van der Waals surface area contributed by atoms with E-state index in [9.17, 15) is 0 Å². The van der Waals surface area contributed by atoms with Crippen LogP contribution in [0.5, 0.6) is 0 Å². The Labute approximate surface area is 75.7 Å². The molecule has 2 aromatic heterocycles. The number of aromatic nitrogens is 2. The van der Waals surface area contributed by atoms with Crippen LogP contribution in [-0.4, -0.2) is 10.2 Å². The minimum Gasteiger partial charge on any atom is -0.462 e. The lowest BCUT2D eigenvalue weighted by molar-refractivity contribution is 0.577. The minimum atomic E-state index is 0.518. The number of hydrogen-bond acceptors (Lipinski definition) is 3. The lowest BCUT2D eigenvalue weighted by atomic mass is 10.2. The normalized spacial score (nSPS) is 10.6. The van der Waals surface area contributed by atoms with Gasteiger partial charge in [0.05, 0.1) is 6.26 Å². The average Bonchev–Trinajstić information content (AvgIpc) is 2.62. The second-order valence-corrected chi connectivity index (χ2v) is 3.10. The van der Waals surface area contributed by atoms with Gasteiger partial charge in [0.2, 0.25) is 0 Å². The molecule has 0 bridgehead atoms. The maximum Gasteiger partial charge on any atom is 0.152 e. The molecule has 13 heavy (non-hydrogen) atoms. The molecule has 0 saturated heterocycles. The van der Waals surface area contributed by atoms with Gasteiger partial charge in [0.25, 0.3) is 0 Å². The number of hydrogen-bond donors (Lipinski definition) is 2. The van der Waals surface area contributed by atoms with E-state index >= 15 is 0 Å². The van der Waals surface area contributed by atoms with Crippen LogP contribution in [0.2, 0.25) is 0 Å². The van der Waals surface area contributed by atoms with Crippen molar-refractivity contribution in [2.45, 2.75) is 13.8 Å². The number of H-pyrrole nitrogens is 1. The highest BCUT2D eigenvalue weighted by Gasteiger charge is 2.10. The molecular formula is C9H11N3O. The molecule has 4 heteroatoms. The molecule has 0 aliphatic rings. The van der Waals surface area contributed by atoms with Crippen molar-refractivity contribution in [2.24, 2.45) is 0 Å². The number of nitrogens with one attached hydrogen (secondary N) is 1. The lowest BCUT2D eigenvalue weighted by Gasteiger charge is -1.92. The van der Waals surface area contributed by atoms with Crippen LogP contribution in [0.25, 0.3) is 11.5 Å². The van der Waals surface area contributed by atoms with Crippen molar-refractivity contribution >= 4 is 5.82 Å². The van der Waals surface area contributed by atoms with Crippen molar-refractivity contribution in [3.05, 3.63) is 23.5 Å². The fraction of sp³-hybridized carbons (Fsp3) is 0.222. The van der Waals surface area contributed by atoms with Crippen LogP contribution >= 0.6 is 0 Å². The molecule has 0 atom stereocenters. The molecule has 2 heterocycles. The van der Waals surface area contributed by atoms with Gasteiger partial charge in [0, 0.05) is 5.56 Å². The summed E-state index contributed by atoms with van der Waals surface area (Å²) in [4.78, 5) is 0. The Balaban J connectivity index is 2.52. The van der Waals surface area contributed by atoms with E-state index in [0.717, 1.165) is 22.6 Å². The molecule has 0 radical (unpaired) electrons. The van der Waals surface area contributed by atoms with Gasteiger partial charge in [0.15, 0.2) is 5.76 Å². The monoisotopic (exact) mass is 177 g/mol. The Morgan fingerprint density at radius 1 is 1.46 bits per heavy atom. The lowest BCUT2D eigenvalue weighted by Crippen LogP contribution is -1.85. The Hall–Kier alpha value is -1.71. The zero-order valence-corrected chi connectivity index (χ0v) is 7.59. The van der Waals surface area contributed by atoms with E-state index < -0.39 is 0 Å². The van der Waals surface area contributed by atoms with Gasteiger partial charge in [0.1, 0.15) is 11.5 Å². The predicted octanol–water partition coefficient (Wildman–Crippen LogP) is 1.87. The van der Waals surface area contributed by atoms with Crippen LogP contribution in [0.15, 0.2) is 16.7 Å². The van der Waals surface area contributed by atoms with Crippen LogP contribution in [0, 0.1) is 13.8 Å². The van der Waals surface area contributed by atoms with Crippen molar-refractivity contribution in [2.75, 3.05) is 5.73 Å². The van der Waals surface area contributed by atoms with Crippen LogP contribution in [-0.2, 0) is 0 Å². The smallest absolute Gasteiger partial charge is 0.152 e. The number of nitrogens with zero attached hydrogens (tertiary/aromatic N) is 1. The number of furan rings is 1. The van der Waals surface area contributed by atoms with Gasteiger partial charge in [-0.05, 0) is 25.5 Å². The average molecular weight is 177 g/mol. The summed E-state index contributed by atoms with van der Waals surface area (Å²) in [5, 5.41) is 6.73. The highest BCUT2D eigenvalue weighted by molar-refractivity contribution is 5.63. The molecule has 68 valence electrons. The molecule has 0 saturated carbocycles. The Kier molecular flexibility index (Phi) is 1.62. The first-order chi connectivity index (χ1) is 6.18. The van der Waals surface area contributed by atoms with E-state index in [1.165, 1.54) is 0 Å². The summed E-state index contributed by atoms with van der Waals surface area (Å²) in [5.74, 6) is 1.29. The van der Waals surface area contributed by atoms with E-state index in [-0.39, 0.29) is 0 Å². The molecule has 0 aliphatic carbocycles. The van der Waals surface area contributed by atoms with Gasteiger partial charge in [-0.3, -0.25) is 5.10 Å². The summed E-state index contributed by atoms with van der Waals surface area (Å²) in [6.45, 7) is 3.88. The summed E-state index contributed by atoms with van der Waals surface area (Å²) in [6, 6.07) is 1.94. The van der Waals surface area contributed by atoms with Gasteiger partial charge >= 0.3 is 0 Å². The third kappa shape index (κ3) is 1.20. The number of aryl methyl sites for hydroxylation is 1. The quantitative estimate of drug-likeness (QED) is 0.698. The van der Waals surface area contributed by atoms with Crippen LogP contribution in [0.1, 0.15) is 11.1 Å². The standard InChI is InChI=1S/C9H11N3O/c1-5-3-7(13-4-5)8-6(2)9(10)12-11-8/h3-4H,1-2H3,(H3,10,11,12). The van der Waals surface area contributed by atoms with E-state index in [1.807, 2.05) is 19.9 Å². The largest absolute Gasteiger partial charge is 0.462 e. The maximum atomic E-state index is 5.60. The molecular weight excluding hydrogens is 166 g/mol. The first kappa shape index (κ1) is 7.91. The molecule has 3 N–H and O–H groups in total. The minimum absolute atomic E-state index is 0.518. The Morgan fingerprint density at radius 3 is 2.69 bits per heavy atom. The summed E-state index contributed by atoms with van der Waals surface area (Å²) < 4.78 is 5.32. The molecule has 2 rings (SSSR count). The zero-order valence-electron chi connectivity index (χ0n) is 7.59. The highest BCUT2D eigenvalue weighted by atomic mass is 16.3. The number of nitrogen functional groups attached to an aromatic ring is 1. The van der Waals surface area contributed by atoms with Gasteiger partial charge in [-0.2, -0.15) is 5.10 Å². The Bertz CT molecular complexity index is 428. The topological polar surface area (TPSA) is 67.8 Å². The maximum absolute atomic E-state index is 5.60. The number of nitrogens with two attached hydrogens (primary N) is 1. The molecule has 0 spiro atoms. The molecule has 0 unspecified atom stereocenters. The van der Waals surface area contributed by atoms with Crippen molar-refractivity contribution in [1.29, 1.82) is 0 Å². The predicted molar refractivity (Wildman–Crippen MR) is 50.2 cm³/mol. The fourth-order valence-electron chi connectivity index (χ4n) is 1.21. The third-order valence-corrected chi connectivity index (χ3v) is 2.02. The second-order valence-electron chi connectivity index (χ2n) is 3.10. The molecule has 0 amide bonds. The first-order valence-corrected chi connectivity index (χ1v) is 4.04. The summed E-state index contributed by atoms with van der Waals surface area (Å²) in [5.41, 5.74) is 8.46. The fourth-order valence-corrected chi connectivity index (χ4v) is 1.21. The van der Waals surface area contributed by atoms with Crippen LogP contribution < -0.4 is 5.73 Å². The van der Waals surface area contributed by atoms with Gasteiger partial charge in [-0.15, -0.1) is 0 Å². The van der Waals surface area contributed by atoms with Gasteiger partial charge in [-0.25, -0.2) is 0 Å². The number of anilines is 1. The van der Waals surface area contributed by atoms with Crippen molar-refractivity contribution in [3.63, 3.8) is 0 Å². The van der Waals surface area contributed by atoms with E-state index in [0.29, 0.717) is 5.82 Å². The highest BCUT2D eigenvalue weighted by Crippen LogP contribution is 2.25. The van der Waals surface area contributed by atoms with Crippen molar-refractivity contribution in [1.82, 2.24) is 10.2 Å². The van der Waals surface area contributed by atoms with Crippen molar-refractivity contribution < 1.29 is 4.42 Å². The van der Waals surface area contributed by atoms with E-state index in [1.54, 1.807) is 6.26 Å². The molecule has 2 aromatic rings. The molecule has 4 nitrogen and oxygen atoms in total. The molecule has 0 aromatic carbocycles. The third-order valence-electron chi connectivity index (χ3n) is 2.02. The first-order valence-electron chi connectivity index (χ1n) is 4.04. The molecule has 0 fully saturated rings. The SMILES string of the molecule is Cc1coc(-c2[nH]nc(N)c2C)c1. The second kappa shape index (κ2) is 2.65. The van der Waals surface area contributed by atoms with Crippen LogP contribution in [0.3, 0.4) is 0 Å². The van der Waals surface area contributed by atoms with Gasteiger partial charge in [-0.1, -0.05) is 0 Å². The van der Waals surface area contributed by atoms with Gasteiger partial charge < -0.3 is 10.2 Å². The summed E-state index contributed by atoms with van der Waals surface area (Å²) in [7, 11) is 0. The molecule has 0 aliphatic heterocycles. The van der Waals surface area contributed by atoms with E-state index in [2.05, 4.69) is 10.2 Å². The summed E-state index contributed by atoms with van der Waals surface area (Å²) >= 11 is 0. The Morgan fingerprint density at radius 2 is 2.23 bits per heavy atom. The van der Waals surface area contributed by atoms with E-state index in [4.69, 9.17) is 10.2 Å². The zero-order chi connectivity index (χ0) is 9.42. The van der Waals surface area contributed by atoms with Crippen LogP contribution in [0.4, 0.5) is 5.82 Å². The number of rotatable bonds is 1.